The molecule has 166 valence electrons. The lowest BCUT2D eigenvalue weighted by Gasteiger charge is -2.12. The molecule has 0 spiro atoms. The molecule has 0 aliphatic rings. The predicted octanol–water partition coefficient (Wildman–Crippen LogP) is 3.13. The van der Waals surface area contributed by atoms with Gasteiger partial charge in [-0.15, -0.1) is 11.3 Å². The van der Waals surface area contributed by atoms with Crippen LogP contribution in [-0.4, -0.2) is 40.0 Å². The molecule has 0 bridgehead atoms. The highest BCUT2D eigenvalue weighted by atomic mass is 32.2. The van der Waals surface area contributed by atoms with Crippen LogP contribution in [0, 0.1) is 0 Å². The summed E-state index contributed by atoms with van der Waals surface area (Å²) < 4.78 is 37.1. The molecule has 2 N–H and O–H groups in total. The molecule has 0 saturated heterocycles. The van der Waals surface area contributed by atoms with Crippen LogP contribution in [0.2, 0.25) is 0 Å². The van der Waals surface area contributed by atoms with Crippen molar-refractivity contribution in [3.05, 3.63) is 77.2 Å². The van der Waals surface area contributed by atoms with Crippen LogP contribution < -0.4 is 10.0 Å². The van der Waals surface area contributed by atoms with E-state index in [1.807, 2.05) is 0 Å². The molecule has 1 aromatic heterocycles. The number of thiophene rings is 1. The molecular weight excluding hydrogens is 456 g/mol. The number of hydrogen-bond donors (Lipinski definition) is 2. The molecule has 0 fully saturated rings. The zero-order valence-corrected chi connectivity index (χ0v) is 18.4. The first kappa shape index (κ1) is 23.0. The first-order valence-corrected chi connectivity index (χ1v) is 11.5. The largest absolute Gasteiger partial charge is 0.465 e. The summed E-state index contributed by atoms with van der Waals surface area (Å²) in [7, 11) is -2.66. The number of rotatable bonds is 8. The van der Waals surface area contributed by atoms with Crippen LogP contribution >= 0.6 is 11.3 Å². The number of anilines is 2. The normalized spacial score (nSPS) is 10.8. The first-order chi connectivity index (χ1) is 15.3. The summed E-state index contributed by atoms with van der Waals surface area (Å²) in [5.41, 5.74) is 0.297. The Kier molecular flexibility index (Phi) is 7.23. The van der Waals surface area contributed by atoms with E-state index in [1.165, 1.54) is 43.5 Å². The number of benzene rings is 2. The summed E-state index contributed by atoms with van der Waals surface area (Å²) in [5, 5.41) is 4.09. The third-order valence-electron chi connectivity index (χ3n) is 4.09. The minimum atomic E-state index is -3.88. The van der Waals surface area contributed by atoms with Crippen molar-refractivity contribution in [1.82, 2.24) is 0 Å². The Hall–Kier alpha value is -3.70. The van der Waals surface area contributed by atoms with E-state index in [-0.39, 0.29) is 26.7 Å². The third-order valence-corrected chi connectivity index (χ3v) is 6.86. The molecule has 2 aromatic carbocycles. The number of hydrogen-bond acceptors (Lipinski definition) is 8. The smallest absolute Gasteiger partial charge is 0.340 e. The van der Waals surface area contributed by atoms with Gasteiger partial charge in [-0.25, -0.2) is 18.0 Å². The maximum absolute atomic E-state index is 12.5. The van der Waals surface area contributed by atoms with Gasteiger partial charge in [0.2, 0.25) is 0 Å². The van der Waals surface area contributed by atoms with Crippen LogP contribution in [0.15, 0.2) is 70.3 Å². The summed E-state index contributed by atoms with van der Waals surface area (Å²) >= 11 is 1.03. The number of ether oxygens (including phenoxy) is 2. The molecule has 3 rings (SSSR count). The van der Waals surface area contributed by atoms with Crippen molar-refractivity contribution in [3.8, 4) is 0 Å². The van der Waals surface area contributed by atoms with Crippen LogP contribution in [0.5, 0.6) is 0 Å². The summed E-state index contributed by atoms with van der Waals surface area (Å²) in [4.78, 5) is 36.5. The third kappa shape index (κ3) is 5.50. The standard InChI is InChI=1S/C21H18N2O7S2/c1-29-20(25)14-7-2-4-9-16(14)22-18(24)13-30-21(26)15-8-3-5-10-17(15)23-32(27,28)19-11-6-12-31-19/h2-12,23H,13H2,1H3,(H,22,24). The fourth-order valence-corrected chi connectivity index (χ4v) is 4.71. The number of carbonyl (C=O) groups is 3. The van der Waals surface area contributed by atoms with E-state index in [0.29, 0.717) is 0 Å². The molecule has 3 aromatic rings. The minimum absolute atomic E-state index is 0.0161. The molecule has 9 nitrogen and oxygen atoms in total. The molecule has 0 atom stereocenters. The molecule has 0 saturated carbocycles. The maximum Gasteiger partial charge on any atom is 0.340 e. The van der Waals surface area contributed by atoms with Crippen molar-refractivity contribution in [3.63, 3.8) is 0 Å². The van der Waals surface area contributed by atoms with E-state index < -0.39 is 34.5 Å². The number of esters is 2. The second kappa shape index (κ2) is 10.1. The van der Waals surface area contributed by atoms with Gasteiger partial charge in [0.1, 0.15) is 4.21 Å². The number of carbonyl (C=O) groups excluding carboxylic acids is 3. The monoisotopic (exact) mass is 474 g/mol. The summed E-state index contributed by atoms with van der Waals surface area (Å²) in [6.45, 7) is -0.652. The van der Waals surface area contributed by atoms with E-state index in [2.05, 4.69) is 14.8 Å². The van der Waals surface area contributed by atoms with E-state index in [4.69, 9.17) is 4.74 Å². The molecule has 0 radical (unpaired) electrons. The van der Waals surface area contributed by atoms with E-state index in [0.717, 1.165) is 11.3 Å². The average Bonchev–Trinajstić information content (AvgIpc) is 3.34. The summed E-state index contributed by atoms with van der Waals surface area (Å²) in [5.74, 6) is -2.22. The topological polar surface area (TPSA) is 128 Å². The lowest BCUT2D eigenvalue weighted by Crippen LogP contribution is -2.23. The number of nitrogens with one attached hydrogen (secondary N) is 2. The van der Waals surface area contributed by atoms with Gasteiger partial charge in [-0.2, -0.15) is 0 Å². The number of sulfonamides is 1. The Labute approximate surface area is 188 Å². The predicted molar refractivity (Wildman–Crippen MR) is 118 cm³/mol. The van der Waals surface area contributed by atoms with Gasteiger partial charge in [0.15, 0.2) is 6.61 Å². The fourth-order valence-electron chi connectivity index (χ4n) is 2.64. The SMILES string of the molecule is COC(=O)c1ccccc1NC(=O)COC(=O)c1ccccc1NS(=O)(=O)c1cccs1. The van der Waals surface area contributed by atoms with Crippen molar-refractivity contribution in [2.24, 2.45) is 0 Å². The first-order valence-electron chi connectivity index (χ1n) is 9.11. The second-order valence-electron chi connectivity index (χ2n) is 6.24. The van der Waals surface area contributed by atoms with E-state index in [1.54, 1.807) is 29.6 Å². The van der Waals surface area contributed by atoms with Gasteiger partial charge in [0.05, 0.1) is 29.6 Å². The van der Waals surface area contributed by atoms with Crippen molar-refractivity contribution >= 4 is 50.6 Å². The lowest BCUT2D eigenvalue weighted by molar-refractivity contribution is -0.119. The molecular formula is C21H18N2O7S2. The van der Waals surface area contributed by atoms with Gasteiger partial charge in [0.25, 0.3) is 15.9 Å². The number of para-hydroxylation sites is 2. The molecule has 11 heteroatoms. The Morgan fingerprint density at radius 1 is 0.875 bits per heavy atom. The van der Waals surface area contributed by atoms with Gasteiger partial charge in [-0.1, -0.05) is 30.3 Å². The van der Waals surface area contributed by atoms with Crippen molar-refractivity contribution in [1.29, 1.82) is 0 Å². The molecule has 0 aliphatic carbocycles. The summed E-state index contributed by atoms with van der Waals surface area (Å²) in [6.07, 6.45) is 0. The van der Waals surface area contributed by atoms with Crippen LogP contribution in [0.1, 0.15) is 20.7 Å². The quantitative estimate of drug-likeness (QED) is 0.480. The van der Waals surface area contributed by atoms with E-state index in [9.17, 15) is 22.8 Å². The lowest BCUT2D eigenvalue weighted by atomic mass is 10.2. The highest BCUT2D eigenvalue weighted by molar-refractivity contribution is 7.94. The Balaban J connectivity index is 1.68. The molecule has 32 heavy (non-hydrogen) atoms. The zero-order valence-electron chi connectivity index (χ0n) is 16.7. The minimum Gasteiger partial charge on any atom is -0.465 e. The maximum atomic E-state index is 12.5. The van der Waals surface area contributed by atoms with Gasteiger partial charge in [0, 0.05) is 0 Å². The Bertz CT molecular complexity index is 1240. The van der Waals surface area contributed by atoms with Crippen molar-refractivity contribution in [2.45, 2.75) is 4.21 Å². The Morgan fingerprint density at radius 2 is 1.50 bits per heavy atom. The number of amides is 1. The fraction of sp³-hybridized carbons (Fsp3) is 0.0952. The van der Waals surface area contributed by atoms with Crippen molar-refractivity contribution in [2.75, 3.05) is 23.8 Å². The van der Waals surface area contributed by atoms with Crippen LogP contribution in [0.4, 0.5) is 11.4 Å². The van der Waals surface area contributed by atoms with Gasteiger partial charge >= 0.3 is 11.9 Å². The van der Waals surface area contributed by atoms with E-state index >= 15 is 0 Å². The Morgan fingerprint density at radius 3 is 2.12 bits per heavy atom. The zero-order chi connectivity index (χ0) is 23.1. The molecule has 1 amide bonds. The molecule has 1 heterocycles. The highest BCUT2D eigenvalue weighted by Gasteiger charge is 2.21. The highest BCUT2D eigenvalue weighted by Crippen LogP contribution is 2.23. The van der Waals surface area contributed by atoms with Crippen LogP contribution in [0.3, 0.4) is 0 Å². The van der Waals surface area contributed by atoms with Gasteiger partial charge < -0.3 is 14.8 Å². The second-order valence-corrected chi connectivity index (χ2v) is 9.10. The number of methoxy groups -OCH3 is 1. The average molecular weight is 475 g/mol. The van der Waals surface area contributed by atoms with Crippen molar-refractivity contribution < 1.29 is 32.3 Å². The van der Waals surface area contributed by atoms with Crippen LogP contribution in [0.25, 0.3) is 0 Å². The molecule has 0 aliphatic heterocycles. The van der Waals surface area contributed by atoms with Gasteiger partial charge in [-0.3, -0.25) is 9.52 Å². The van der Waals surface area contributed by atoms with Gasteiger partial charge in [-0.05, 0) is 35.7 Å². The van der Waals surface area contributed by atoms with Crippen LogP contribution in [-0.2, 0) is 24.3 Å². The molecule has 0 unspecified atom stereocenters. The summed E-state index contributed by atoms with van der Waals surface area (Å²) in [6, 6.07) is 15.1.